The molecular weight excluding hydrogens is 358 g/mol. The van der Waals surface area contributed by atoms with Gasteiger partial charge in [0.05, 0.1) is 18.5 Å². The van der Waals surface area contributed by atoms with Gasteiger partial charge in [0.1, 0.15) is 0 Å². The Morgan fingerprint density at radius 2 is 2.04 bits per heavy atom. The molecule has 1 aliphatic rings. The summed E-state index contributed by atoms with van der Waals surface area (Å²) in [7, 11) is 4.02. The molecule has 0 unspecified atom stereocenters. The molecule has 0 bridgehead atoms. The van der Waals surface area contributed by atoms with E-state index in [4.69, 9.17) is 0 Å². The number of amides is 2. The number of hydrogen-bond donors (Lipinski definition) is 1. The first-order chi connectivity index (χ1) is 13.0. The van der Waals surface area contributed by atoms with Gasteiger partial charge >= 0.3 is 0 Å². The summed E-state index contributed by atoms with van der Waals surface area (Å²) < 4.78 is 0. The Balaban J connectivity index is 1.70. The lowest BCUT2D eigenvalue weighted by atomic mass is 9.93. The number of hydrogen-bond acceptors (Lipinski definition) is 4. The van der Waals surface area contributed by atoms with E-state index >= 15 is 0 Å². The molecule has 142 valence electrons. The van der Waals surface area contributed by atoms with Crippen LogP contribution in [0.2, 0.25) is 0 Å². The fourth-order valence-corrected chi connectivity index (χ4v) is 4.14. The summed E-state index contributed by atoms with van der Waals surface area (Å²) in [5, 5.41) is 7.20. The molecule has 2 atom stereocenters. The molecule has 0 spiro atoms. The molecular formula is C21H25N3O2S. The zero-order chi connectivity index (χ0) is 19.4. The monoisotopic (exact) mass is 383 g/mol. The quantitative estimate of drug-likeness (QED) is 0.831. The number of nitrogens with one attached hydrogen (secondary N) is 1. The summed E-state index contributed by atoms with van der Waals surface area (Å²) in [5.41, 5.74) is 3.26. The lowest BCUT2D eigenvalue weighted by Crippen LogP contribution is -2.38. The lowest BCUT2D eigenvalue weighted by Gasteiger charge is -2.32. The van der Waals surface area contributed by atoms with Gasteiger partial charge in [-0.05, 0) is 53.7 Å². The van der Waals surface area contributed by atoms with Crippen molar-refractivity contribution in [2.75, 3.05) is 20.6 Å². The van der Waals surface area contributed by atoms with E-state index in [0.29, 0.717) is 6.54 Å². The van der Waals surface area contributed by atoms with Crippen LogP contribution in [0.4, 0.5) is 0 Å². The molecule has 6 heteroatoms. The van der Waals surface area contributed by atoms with Crippen molar-refractivity contribution < 1.29 is 9.59 Å². The molecule has 1 N–H and O–H groups in total. The normalized spacial score (nSPS) is 16.9. The van der Waals surface area contributed by atoms with Crippen LogP contribution in [-0.4, -0.2) is 42.3 Å². The van der Waals surface area contributed by atoms with Gasteiger partial charge < -0.3 is 15.1 Å². The zero-order valence-electron chi connectivity index (χ0n) is 15.9. The van der Waals surface area contributed by atoms with Crippen LogP contribution in [0.3, 0.4) is 0 Å². The van der Waals surface area contributed by atoms with E-state index in [1.165, 1.54) is 12.5 Å². The number of likely N-dealkylation sites (N-methyl/N-ethyl adjacent to an activating group) is 1. The molecule has 0 saturated heterocycles. The van der Waals surface area contributed by atoms with Crippen molar-refractivity contribution in [1.82, 2.24) is 15.1 Å². The number of fused-ring (bicyclic) bond motifs is 1. The van der Waals surface area contributed by atoms with Crippen molar-refractivity contribution in [2.45, 2.75) is 25.4 Å². The summed E-state index contributed by atoms with van der Waals surface area (Å²) in [6, 6.07) is 9.84. The standard InChI is InChI=1S/C21H25N3O2S/c1-15(25)24-10-8-16-6-4-5-7-18(16)19(24)12-21(26)22-13-20(23(2)3)17-9-11-27-14-17/h4-11,14,19-20H,12-13H2,1-3H3,(H,22,26)/t19-,20+/m1/s1. The Bertz CT molecular complexity index is 830. The van der Waals surface area contributed by atoms with Crippen LogP contribution in [0.5, 0.6) is 0 Å². The molecule has 27 heavy (non-hydrogen) atoms. The predicted molar refractivity (Wildman–Crippen MR) is 109 cm³/mol. The molecule has 0 radical (unpaired) electrons. The van der Waals surface area contributed by atoms with Crippen molar-refractivity contribution >= 4 is 29.2 Å². The highest BCUT2D eigenvalue weighted by Crippen LogP contribution is 2.32. The Morgan fingerprint density at radius 1 is 1.26 bits per heavy atom. The first kappa shape index (κ1) is 19.3. The molecule has 2 amide bonds. The van der Waals surface area contributed by atoms with Crippen LogP contribution >= 0.6 is 11.3 Å². The molecule has 2 aromatic rings. The molecule has 1 aromatic heterocycles. The molecule has 0 saturated carbocycles. The fourth-order valence-electron chi connectivity index (χ4n) is 3.43. The van der Waals surface area contributed by atoms with E-state index in [0.717, 1.165) is 11.1 Å². The van der Waals surface area contributed by atoms with Crippen LogP contribution in [-0.2, 0) is 9.59 Å². The molecule has 3 rings (SSSR count). The van der Waals surface area contributed by atoms with Gasteiger partial charge in [-0.1, -0.05) is 24.3 Å². The predicted octanol–water partition coefficient (Wildman–Crippen LogP) is 3.43. The van der Waals surface area contributed by atoms with Crippen molar-refractivity contribution in [1.29, 1.82) is 0 Å². The highest BCUT2D eigenvalue weighted by atomic mass is 32.1. The minimum absolute atomic E-state index is 0.0570. The van der Waals surface area contributed by atoms with Crippen molar-refractivity contribution in [3.8, 4) is 0 Å². The summed E-state index contributed by atoms with van der Waals surface area (Å²) in [5.74, 6) is -0.124. The molecule has 1 aromatic carbocycles. The Kier molecular flexibility index (Phi) is 6.08. The van der Waals surface area contributed by atoms with E-state index in [2.05, 4.69) is 21.7 Å². The molecule has 1 aliphatic heterocycles. The molecule has 0 fully saturated rings. The zero-order valence-corrected chi connectivity index (χ0v) is 16.7. The van der Waals surface area contributed by atoms with Gasteiger partial charge in [-0.25, -0.2) is 0 Å². The summed E-state index contributed by atoms with van der Waals surface area (Å²) in [6.45, 7) is 2.06. The smallest absolute Gasteiger partial charge is 0.223 e. The number of benzene rings is 1. The van der Waals surface area contributed by atoms with Gasteiger partial charge in [0.2, 0.25) is 11.8 Å². The third-order valence-electron chi connectivity index (χ3n) is 4.89. The third kappa shape index (κ3) is 4.46. The maximum atomic E-state index is 12.7. The van der Waals surface area contributed by atoms with Gasteiger partial charge in [-0.3, -0.25) is 9.59 Å². The Morgan fingerprint density at radius 3 is 2.70 bits per heavy atom. The van der Waals surface area contributed by atoms with Gasteiger partial charge in [0, 0.05) is 19.7 Å². The summed E-state index contributed by atoms with van der Waals surface area (Å²) in [6.07, 6.45) is 3.94. The van der Waals surface area contributed by atoms with Gasteiger partial charge in [-0.2, -0.15) is 11.3 Å². The van der Waals surface area contributed by atoms with Crippen LogP contribution in [0.25, 0.3) is 6.08 Å². The number of carbonyl (C=O) groups is 2. The average Bonchev–Trinajstić information content (AvgIpc) is 3.16. The second-order valence-corrected chi connectivity index (χ2v) is 7.71. The van der Waals surface area contributed by atoms with E-state index in [-0.39, 0.29) is 30.3 Å². The first-order valence-corrected chi connectivity index (χ1v) is 9.93. The molecule has 5 nitrogen and oxygen atoms in total. The largest absolute Gasteiger partial charge is 0.354 e. The van der Waals surface area contributed by atoms with Gasteiger partial charge in [0.25, 0.3) is 0 Å². The first-order valence-electron chi connectivity index (χ1n) is 8.98. The minimum atomic E-state index is -0.275. The maximum absolute atomic E-state index is 12.7. The summed E-state index contributed by atoms with van der Waals surface area (Å²) >= 11 is 1.65. The van der Waals surface area contributed by atoms with E-state index in [1.54, 1.807) is 22.4 Å². The number of thiophene rings is 1. The number of rotatable bonds is 6. The topological polar surface area (TPSA) is 52.7 Å². The van der Waals surface area contributed by atoms with E-state index in [9.17, 15) is 9.59 Å². The van der Waals surface area contributed by atoms with Crippen LogP contribution < -0.4 is 5.32 Å². The highest BCUT2D eigenvalue weighted by Gasteiger charge is 2.28. The second-order valence-electron chi connectivity index (χ2n) is 6.93. The lowest BCUT2D eigenvalue weighted by molar-refractivity contribution is -0.130. The Labute approximate surface area is 164 Å². The average molecular weight is 384 g/mol. The van der Waals surface area contributed by atoms with Gasteiger partial charge in [0.15, 0.2) is 0 Å². The maximum Gasteiger partial charge on any atom is 0.223 e. The molecule has 2 heterocycles. The summed E-state index contributed by atoms with van der Waals surface area (Å²) in [4.78, 5) is 28.5. The SMILES string of the molecule is CC(=O)N1C=Cc2ccccc2[C@H]1CC(=O)NC[C@@H](c1ccsc1)N(C)C. The second kappa shape index (κ2) is 8.50. The van der Waals surface area contributed by atoms with Crippen molar-refractivity contribution in [3.05, 3.63) is 64.0 Å². The van der Waals surface area contributed by atoms with Crippen LogP contribution in [0.15, 0.2) is 47.3 Å². The molecule has 0 aliphatic carbocycles. The number of carbonyl (C=O) groups excluding carboxylic acids is 2. The fraction of sp³-hybridized carbons (Fsp3) is 0.333. The number of nitrogens with zero attached hydrogens (tertiary/aromatic N) is 2. The van der Waals surface area contributed by atoms with Crippen LogP contribution in [0.1, 0.15) is 42.1 Å². The third-order valence-corrected chi connectivity index (χ3v) is 5.59. The van der Waals surface area contributed by atoms with Crippen molar-refractivity contribution in [2.24, 2.45) is 0 Å². The van der Waals surface area contributed by atoms with E-state index < -0.39 is 0 Å². The van der Waals surface area contributed by atoms with E-state index in [1.807, 2.05) is 49.8 Å². The minimum Gasteiger partial charge on any atom is -0.354 e. The highest BCUT2D eigenvalue weighted by molar-refractivity contribution is 7.07. The Hall–Kier alpha value is -2.44. The van der Waals surface area contributed by atoms with Crippen LogP contribution in [0, 0.1) is 0 Å². The van der Waals surface area contributed by atoms with Gasteiger partial charge in [-0.15, -0.1) is 0 Å². The van der Waals surface area contributed by atoms with Crippen molar-refractivity contribution in [3.63, 3.8) is 0 Å².